The molecule has 0 spiro atoms. The Kier molecular flexibility index (Phi) is 5.52. The van der Waals surface area contributed by atoms with Crippen molar-refractivity contribution < 1.29 is 18.4 Å². The van der Waals surface area contributed by atoms with E-state index < -0.39 is 18.8 Å². The largest absolute Gasteiger partial charge is 0.348 e. The average Bonchev–Trinajstić information content (AvgIpc) is 3.44. The minimum Gasteiger partial charge on any atom is -0.348 e. The predicted octanol–water partition coefficient (Wildman–Crippen LogP) is 1.51. The minimum atomic E-state index is -2.51. The molecule has 0 bridgehead atoms. The van der Waals surface area contributed by atoms with Crippen LogP contribution in [0.2, 0.25) is 0 Å². The van der Waals surface area contributed by atoms with Crippen molar-refractivity contribution in [3.8, 4) is 0 Å². The summed E-state index contributed by atoms with van der Waals surface area (Å²) >= 11 is 0. The normalized spacial score (nSPS) is 24.5. The van der Waals surface area contributed by atoms with Crippen molar-refractivity contribution in [1.29, 1.82) is 0 Å². The van der Waals surface area contributed by atoms with Gasteiger partial charge in [-0.1, -0.05) is 24.3 Å². The highest BCUT2D eigenvalue weighted by Crippen LogP contribution is 2.41. The average molecular weight is 366 g/mol. The molecule has 0 radical (unpaired) electrons. The molecule has 1 aromatic rings. The van der Waals surface area contributed by atoms with Crippen molar-refractivity contribution in [2.75, 3.05) is 14.1 Å². The van der Waals surface area contributed by atoms with E-state index in [2.05, 4.69) is 16.0 Å². The molecule has 1 saturated heterocycles. The number of benzene rings is 1. The van der Waals surface area contributed by atoms with E-state index >= 15 is 0 Å². The summed E-state index contributed by atoms with van der Waals surface area (Å²) in [5, 5.41) is 8.87. The molecule has 0 aromatic heterocycles. The Hall–Kier alpha value is -2.06. The van der Waals surface area contributed by atoms with E-state index in [4.69, 9.17) is 0 Å². The number of rotatable bonds is 6. The van der Waals surface area contributed by atoms with Crippen LogP contribution in [0.1, 0.15) is 42.9 Å². The van der Waals surface area contributed by atoms with Gasteiger partial charge in [0.25, 0.3) is 6.43 Å². The van der Waals surface area contributed by atoms with E-state index in [0.717, 1.165) is 18.4 Å². The van der Waals surface area contributed by atoms with Crippen LogP contribution in [0.15, 0.2) is 24.3 Å². The number of amides is 2. The molecule has 3 rings (SSSR count). The van der Waals surface area contributed by atoms with E-state index in [1.54, 1.807) is 31.1 Å². The lowest BCUT2D eigenvalue weighted by atomic mass is 10.00. The smallest absolute Gasteiger partial charge is 0.263 e. The maximum atomic E-state index is 12.7. The standard InChI is InChI=1S/C18H24F2N4O2/c1-24(2)18-21-13(9-14(25)22-18)17(26)23-15(10-3-4-10)11-5-7-12(8-6-11)16(19)20/h5-8,10,13,15-16,18,21H,3-4,9H2,1-2H3,(H,22,25)(H,23,26)/t13?,15-,18?/m1/s1. The molecule has 2 aliphatic rings. The molecule has 1 heterocycles. The maximum Gasteiger partial charge on any atom is 0.263 e. The molecular weight excluding hydrogens is 342 g/mol. The molecule has 2 amide bonds. The van der Waals surface area contributed by atoms with Gasteiger partial charge in [-0.05, 0) is 38.4 Å². The first-order chi connectivity index (χ1) is 12.3. The van der Waals surface area contributed by atoms with Crippen LogP contribution in [0.5, 0.6) is 0 Å². The van der Waals surface area contributed by atoms with Crippen LogP contribution in [-0.2, 0) is 9.59 Å². The van der Waals surface area contributed by atoms with Gasteiger partial charge in [0.05, 0.1) is 18.5 Å². The van der Waals surface area contributed by atoms with Crippen molar-refractivity contribution >= 4 is 11.8 Å². The van der Waals surface area contributed by atoms with Crippen molar-refractivity contribution in [1.82, 2.24) is 20.9 Å². The number of hydrogen-bond donors (Lipinski definition) is 3. The van der Waals surface area contributed by atoms with Gasteiger partial charge < -0.3 is 10.6 Å². The van der Waals surface area contributed by atoms with Gasteiger partial charge in [-0.3, -0.25) is 19.8 Å². The molecule has 3 N–H and O–H groups in total. The van der Waals surface area contributed by atoms with Gasteiger partial charge >= 0.3 is 0 Å². The van der Waals surface area contributed by atoms with E-state index in [-0.39, 0.29) is 29.8 Å². The number of nitrogens with one attached hydrogen (secondary N) is 3. The zero-order valence-corrected chi connectivity index (χ0v) is 14.8. The number of alkyl halides is 2. The molecule has 6 nitrogen and oxygen atoms in total. The fourth-order valence-electron chi connectivity index (χ4n) is 3.14. The number of carbonyl (C=O) groups excluding carboxylic acids is 2. The molecule has 142 valence electrons. The highest BCUT2D eigenvalue weighted by molar-refractivity contribution is 5.89. The van der Waals surface area contributed by atoms with E-state index in [1.807, 2.05) is 0 Å². The first-order valence-electron chi connectivity index (χ1n) is 8.75. The summed E-state index contributed by atoms with van der Waals surface area (Å²) in [6, 6.07) is 5.24. The van der Waals surface area contributed by atoms with Crippen LogP contribution in [0.3, 0.4) is 0 Å². The maximum absolute atomic E-state index is 12.7. The molecule has 1 aromatic carbocycles. The van der Waals surface area contributed by atoms with Crippen LogP contribution >= 0.6 is 0 Å². The summed E-state index contributed by atoms with van der Waals surface area (Å²) in [6.45, 7) is 0. The van der Waals surface area contributed by atoms with Gasteiger partial charge in [0.2, 0.25) is 11.8 Å². The van der Waals surface area contributed by atoms with Gasteiger partial charge in [-0.25, -0.2) is 8.78 Å². The minimum absolute atomic E-state index is 0.0333. The first-order valence-corrected chi connectivity index (χ1v) is 8.75. The topological polar surface area (TPSA) is 73.5 Å². The second-order valence-electron chi connectivity index (χ2n) is 7.15. The van der Waals surface area contributed by atoms with E-state index in [9.17, 15) is 18.4 Å². The molecule has 1 aliphatic carbocycles. The van der Waals surface area contributed by atoms with Gasteiger partial charge in [0.15, 0.2) is 0 Å². The SMILES string of the molecule is CN(C)C1NC(=O)CC(C(=O)N[C@@H](c2ccc(C(F)F)cc2)C2CC2)N1. The summed E-state index contributed by atoms with van der Waals surface area (Å²) in [4.78, 5) is 26.4. The highest BCUT2D eigenvalue weighted by Gasteiger charge is 2.37. The summed E-state index contributed by atoms with van der Waals surface area (Å²) in [6.07, 6.45) is -0.874. The van der Waals surface area contributed by atoms with Crippen LogP contribution in [0.25, 0.3) is 0 Å². The van der Waals surface area contributed by atoms with Crippen molar-refractivity contribution in [3.05, 3.63) is 35.4 Å². The summed E-state index contributed by atoms with van der Waals surface area (Å²) < 4.78 is 25.5. The first kappa shape index (κ1) is 18.7. The van der Waals surface area contributed by atoms with Crippen LogP contribution in [0.4, 0.5) is 8.78 Å². The third kappa shape index (κ3) is 4.37. The van der Waals surface area contributed by atoms with E-state index in [0.29, 0.717) is 5.92 Å². The number of halogens is 2. The lowest BCUT2D eigenvalue weighted by molar-refractivity contribution is -0.134. The Balaban J connectivity index is 1.69. The van der Waals surface area contributed by atoms with Crippen LogP contribution < -0.4 is 16.0 Å². The molecule has 1 aliphatic heterocycles. The molecule has 2 unspecified atom stereocenters. The second-order valence-corrected chi connectivity index (χ2v) is 7.15. The monoisotopic (exact) mass is 366 g/mol. The lowest BCUT2D eigenvalue weighted by Crippen LogP contribution is -2.65. The summed E-state index contributed by atoms with van der Waals surface area (Å²) in [7, 11) is 3.60. The van der Waals surface area contributed by atoms with Crippen molar-refractivity contribution in [3.63, 3.8) is 0 Å². The Morgan fingerprint density at radius 2 is 1.81 bits per heavy atom. The number of nitrogens with zero attached hydrogens (tertiary/aromatic N) is 1. The quantitative estimate of drug-likeness (QED) is 0.714. The molecule has 26 heavy (non-hydrogen) atoms. The third-order valence-corrected chi connectivity index (χ3v) is 4.82. The van der Waals surface area contributed by atoms with Gasteiger partial charge in [-0.15, -0.1) is 0 Å². The molecule has 2 fully saturated rings. The molecule has 3 atom stereocenters. The fourth-order valence-corrected chi connectivity index (χ4v) is 3.14. The van der Waals surface area contributed by atoms with Crippen LogP contribution in [-0.4, -0.2) is 43.1 Å². The number of hydrogen-bond acceptors (Lipinski definition) is 4. The zero-order chi connectivity index (χ0) is 18.8. The second kappa shape index (κ2) is 7.67. The van der Waals surface area contributed by atoms with E-state index in [1.165, 1.54) is 12.1 Å². The molecular formula is C18H24F2N4O2. The highest BCUT2D eigenvalue weighted by atomic mass is 19.3. The van der Waals surface area contributed by atoms with Crippen molar-refractivity contribution in [2.24, 2.45) is 5.92 Å². The summed E-state index contributed by atoms with van der Waals surface area (Å²) in [5.41, 5.74) is 0.781. The van der Waals surface area contributed by atoms with Crippen LogP contribution in [0, 0.1) is 5.92 Å². The Bertz CT molecular complexity index is 662. The molecule has 8 heteroatoms. The third-order valence-electron chi connectivity index (χ3n) is 4.82. The predicted molar refractivity (Wildman–Crippen MR) is 92.2 cm³/mol. The Morgan fingerprint density at radius 3 is 2.35 bits per heavy atom. The van der Waals surface area contributed by atoms with Gasteiger partial charge in [-0.2, -0.15) is 0 Å². The fraction of sp³-hybridized carbons (Fsp3) is 0.556. The molecule has 1 saturated carbocycles. The number of carbonyl (C=O) groups is 2. The Morgan fingerprint density at radius 1 is 1.19 bits per heavy atom. The van der Waals surface area contributed by atoms with Gasteiger partial charge in [0.1, 0.15) is 6.29 Å². The summed E-state index contributed by atoms with van der Waals surface area (Å²) in [5.74, 6) is -0.133. The Labute approximate surface area is 151 Å². The van der Waals surface area contributed by atoms with Gasteiger partial charge in [0, 0.05) is 5.56 Å². The lowest BCUT2D eigenvalue weighted by Gasteiger charge is -2.35. The zero-order valence-electron chi connectivity index (χ0n) is 14.8. The van der Waals surface area contributed by atoms with Crippen molar-refractivity contribution in [2.45, 2.75) is 44.1 Å².